The molecule has 3 aromatic rings. The van der Waals surface area contributed by atoms with Crippen LogP contribution in [0.3, 0.4) is 0 Å². The van der Waals surface area contributed by atoms with E-state index in [-0.39, 0.29) is 35.6 Å². The molecular formula is C35H40INO7Si. The summed E-state index contributed by atoms with van der Waals surface area (Å²) in [4.78, 5) is 28.1. The molecule has 6 rings (SSSR count). The van der Waals surface area contributed by atoms with E-state index in [1.807, 2.05) is 65.1 Å². The molecule has 3 aromatic carbocycles. The molecule has 10 heteroatoms. The van der Waals surface area contributed by atoms with Gasteiger partial charge in [0, 0.05) is 25.5 Å². The Morgan fingerprint density at radius 1 is 1.00 bits per heavy atom. The van der Waals surface area contributed by atoms with Crippen LogP contribution < -0.4 is 15.1 Å². The molecular weight excluding hydrogens is 701 g/mol. The number of ether oxygens (including phenoxy) is 2. The fraction of sp³-hybridized carbons (Fsp3) is 0.429. The Hall–Kier alpha value is -2.77. The molecule has 238 valence electrons. The predicted molar refractivity (Wildman–Crippen MR) is 181 cm³/mol. The van der Waals surface area contributed by atoms with E-state index in [9.17, 15) is 19.8 Å². The minimum Gasteiger partial charge on any atom is -0.504 e. The van der Waals surface area contributed by atoms with Crippen LogP contribution >= 0.6 is 22.6 Å². The zero-order valence-corrected chi connectivity index (χ0v) is 29.4. The van der Waals surface area contributed by atoms with Crippen LogP contribution in [0.4, 0.5) is 0 Å². The number of halogens is 1. The van der Waals surface area contributed by atoms with Gasteiger partial charge >= 0.3 is 0 Å². The van der Waals surface area contributed by atoms with Crippen LogP contribution in [-0.2, 0) is 18.8 Å². The Kier molecular flexibility index (Phi) is 8.43. The number of imide groups is 1. The topological polar surface area (TPSA) is 106 Å². The quantitative estimate of drug-likeness (QED) is 0.207. The minimum absolute atomic E-state index is 0.0332. The first-order valence-corrected chi connectivity index (χ1v) is 18.3. The van der Waals surface area contributed by atoms with Crippen molar-refractivity contribution < 1.29 is 33.7 Å². The molecule has 0 bridgehead atoms. The van der Waals surface area contributed by atoms with Crippen molar-refractivity contribution in [2.75, 3.05) is 20.8 Å². The van der Waals surface area contributed by atoms with Crippen molar-refractivity contribution in [3.63, 3.8) is 0 Å². The Bertz CT molecular complexity index is 1560. The minimum atomic E-state index is -2.97. The third-order valence-electron chi connectivity index (χ3n) is 10.1. The number of benzene rings is 3. The van der Waals surface area contributed by atoms with Crippen molar-refractivity contribution in [2.24, 2.45) is 23.7 Å². The van der Waals surface area contributed by atoms with Crippen LogP contribution in [0.2, 0.25) is 5.04 Å². The van der Waals surface area contributed by atoms with Crippen molar-refractivity contribution >= 4 is 53.1 Å². The van der Waals surface area contributed by atoms with Crippen molar-refractivity contribution in [3.05, 3.63) is 81.9 Å². The number of phenols is 1. The van der Waals surface area contributed by atoms with Gasteiger partial charge in [0.2, 0.25) is 11.8 Å². The van der Waals surface area contributed by atoms with Gasteiger partial charge in [-0.25, -0.2) is 0 Å². The fourth-order valence-electron chi connectivity index (χ4n) is 7.96. The lowest BCUT2D eigenvalue weighted by Crippen LogP contribution is -2.67. The van der Waals surface area contributed by atoms with E-state index >= 15 is 0 Å². The van der Waals surface area contributed by atoms with Gasteiger partial charge in [-0.05, 0) is 68.5 Å². The second kappa shape index (κ2) is 11.8. The number of hydrogen-bond acceptors (Lipinski definition) is 7. The van der Waals surface area contributed by atoms with Crippen molar-refractivity contribution in [3.8, 4) is 11.5 Å². The molecule has 6 atom stereocenters. The van der Waals surface area contributed by atoms with Crippen molar-refractivity contribution in [1.82, 2.24) is 4.90 Å². The third-order valence-corrected chi connectivity index (χ3v) is 16.0. The first kappa shape index (κ1) is 32.2. The molecule has 1 saturated carbocycles. The largest absolute Gasteiger partial charge is 0.504 e. The molecule has 0 unspecified atom stereocenters. The molecule has 2 N–H and O–H groups in total. The molecule has 0 spiro atoms. The smallest absolute Gasteiger partial charge is 0.261 e. The first-order valence-electron chi connectivity index (χ1n) is 15.4. The van der Waals surface area contributed by atoms with E-state index in [1.54, 1.807) is 6.07 Å². The van der Waals surface area contributed by atoms with Gasteiger partial charge in [0.05, 0.1) is 28.6 Å². The van der Waals surface area contributed by atoms with Gasteiger partial charge in [0.1, 0.15) is 0 Å². The normalized spacial score (nSPS) is 28.2. The monoisotopic (exact) mass is 741 g/mol. The van der Waals surface area contributed by atoms with Crippen LogP contribution in [0.25, 0.3) is 0 Å². The van der Waals surface area contributed by atoms with E-state index in [2.05, 4.69) is 45.0 Å². The molecule has 3 aliphatic rings. The number of aromatic hydroxyl groups is 1. The maximum Gasteiger partial charge on any atom is 0.261 e. The van der Waals surface area contributed by atoms with Crippen LogP contribution in [0, 0.1) is 27.2 Å². The number of methoxy groups -OCH3 is 1. The number of hydrogen-bond donors (Lipinski definition) is 2. The molecule has 1 aliphatic carbocycles. The maximum absolute atomic E-state index is 13.5. The highest BCUT2D eigenvalue weighted by Crippen LogP contribution is 2.58. The lowest BCUT2D eigenvalue weighted by molar-refractivity contribution is -0.273. The summed E-state index contributed by atoms with van der Waals surface area (Å²) in [5.74, 6) is -4.30. The highest BCUT2D eigenvalue weighted by molar-refractivity contribution is 14.1. The fourth-order valence-corrected chi connectivity index (χ4v) is 13.2. The Morgan fingerprint density at radius 3 is 2.16 bits per heavy atom. The van der Waals surface area contributed by atoms with Crippen LogP contribution in [-0.4, -0.2) is 61.8 Å². The van der Waals surface area contributed by atoms with Gasteiger partial charge in [-0.3, -0.25) is 14.5 Å². The lowest BCUT2D eigenvalue weighted by atomic mass is 9.64. The second-order valence-corrected chi connectivity index (χ2v) is 19.0. The number of likely N-dealkylation sites (tertiary alicyclic amines) is 1. The molecule has 2 amide bonds. The van der Waals surface area contributed by atoms with E-state index in [0.29, 0.717) is 15.7 Å². The molecule has 2 heterocycles. The Labute approximate surface area is 279 Å². The van der Waals surface area contributed by atoms with Gasteiger partial charge in [0.25, 0.3) is 8.32 Å². The lowest BCUT2D eigenvalue weighted by Gasteiger charge is -2.48. The number of rotatable bonds is 7. The zero-order chi connectivity index (χ0) is 32.3. The Morgan fingerprint density at radius 2 is 1.60 bits per heavy atom. The average Bonchev–Trinajstić information content (AvgIpc) is 3.49. The number of fused-ring (bicyclic) bond motifs is 3. The van der Waals surface area contributed by atoms with E-state index < -0.39 is 43.9 Å². The highest BCUT2D eigenvalue weighted by atomic mass is 127. The highest BCUT2D eigenvalue weighted by Gasteiger charge is 2.67. The van der Waals surface area contributed by atoms with Gasteiger partial charge in [-0.15, -0.1) is 0 Å². The zero-order valence-electron chi connectivity index (χ0n) is 26.2. The summed E-state index contributed by atoms with van der Waals surface area (Å²) in [5.41, 5.74) is 0.727. The summed E-state index contributed by atoms with van der Waals surface area (Å²) in [5, 5.41) is 25.0. The number of nitrogens with zero attached hydrogens (tertiary/aromatic N) is 1. The molecule has 0 radical (unpaired) electrons. The Balaban J connectivity index is 1.42. The standard InChI is InChI=1S/C35H40INO7Si/c1-34(2,3)45(23-12-8-6-9-13-23,24-14-10-7-11-15-24)43-20-22-18-25-30(33(40)37(4)32(25)39)26-19-28(44-35(22,26)41)21-16-27(36)31(38)29(17-21)42-5/h6-17,22,25-26,28,30,38,41H,18-20H2,1-5H3/t22-,25+,26+,28+,30+,35-/m1/s1. The molecule has 45 heavy (non-hydrogen) atoms. The molecule has 0 aromatic heterocycles. The van der Waals surface area contributed by atoms with Crippen LogP contribution in [0.15, 0.2) is 72.8 Å². The van der Waals surface area contributed by atoms with Crippen LogP contribution in [0.5, 0.6) is 11.5 Å². The third kappa shape index (κ3) is 5.13. The van der Waals surface area contributed by atoms with Crippen molar-refractivity contribution in [2.45, 2.75) is 50.5 Å². The van der Waals surface area contributed by atoms with Gasteiger partial charge in [-0.2, -0.15) is 0 Å². The second-order valence-electron chi connectivity index (χ2n) is 13.5. The molecule has 3 fully saturated rings. The average molecular weight is 742 g/mol. The van der Waals surface area contributed by atoms with Gasteiger partial charge in [0.15, 0.2) is 17.3 Å². The number of aliphatic hydroxyl groups is 1. The van der Waals surface area contributed by atoms with E-state index in [1.165, 1.54) is 19.1 Å². The summed E-state index contributed by atoms with van der Waals surface area (Å²) in [6.45, 7) is 6.74. The van der Waals surface area contributed by atoms with Crippen molar-refractivity contribution in [1.29, 1.82) is 0 Å². The maximum atomic E-state index is 13.5. The summed E-state index contributed by atoms with van der Waals surface area (Å²) in [7, 11) is 0.0404. The van der Waals surface area contributed by atoms with Gasteiger partial charge in [-0.1, -0.05) is 81.4 Å². The SMILES string of the molecule is COc1cc([C@@H]2C[C@H]3[C@H]4C(=O)N(C)C(=O)[C@H]4C[C@H](CO[Si](c4ccccc4)(c4ccccc4)C(C)(C)C)[C@@]3(O)O2)cc(I)c1O. The summed E-state index contributed by atoms with van der Waals surface area (Å²) in [6, 6.07) is 24.1. The number of amides is 2. The van der Waals surface area contributed by atoms with Crippen LogP contribution in [0.1, 0.15) is 45.3 Å². The molecule has 2 aliphatic heterocycles. The van der Waals surface area contributed by atoms with E-state index in [0.717, 1.165) is 15.9 Å². The number of phenolic OH excluding ortho intramolecular Hbond substituents is 1. The number of carbonyl (C=O) groups is 2. The number of carbonyl (C=O) groups excluding carboxylic acids is 2. The van der Waals surface area contributed by atoms with E-state index in [4.69, 9.17) is 13.9 Å². The first-order chi connectivity index (χ1) is 21.3. The summed E-state index contributed by atoms with van der Waals surface area (Å²) < 4.78 is 19.9. The molecule has 8 nitrogen and oxygen atoms in total. The summed E-state index contributed by atoms with van der Waals surface area (Å²) in [6.07, 6.45) is 0.0315. The predicted octanol–water partition coefficient (Wildman–Crippen LogP) is 4.60. The van der Waals surface area contributed by atoms with Gasteiger partial charge < -0.3 is 24.1 Å². The summed E-state index contributed by atoms with van der Waals surface area (Å²) >= 11 is 2.04. The molecule has 2 saturated heterocycles.